The summed E-state index contributed by atoms with van der Waals surface area (Å²) in [5.41, 5.74) is 0.820. The molecular weight excluding hydrogens is 318 g/mol. The van der Waals surface area contributed by atoms with Crippen molar-refractivity contribution < 1.29 is 19.4 Å². The van der Waals surface area contributed by atoms with E-state index in [1.54, 1.807) is 12.1 Å². The Morgan fingerprint density at radius 2 is 1.60 bits per heavy atom. The van der Waals surface area contributed by atoms with Crippen LogP contribution >= 0.6 is 0 Å². The first-order chi connectivity index (χ1) is 12.1. The Morgan fingerprint density at radius 3 is 2.32 bits per heavy atom. The first-order valence-electron chi connectivity index (χ1n) is 7.86. The number of amides is 1. The van der Waals surface area contributed by atoms with Gasteiger partial charge in [0.2, 0.25) is 0 Å². The summed E-state index contributed by atoms with van der Waals surface area (Å²) in [4.78, 5) is 23.5. The van der Waals surface area contributed by atoms with Crippen molar-refractivity contribution in [3.05, 3.63) is 78.4 Å². The molecule has 0 radical (unpaired) electrons. The van der Waals surface area contributed by atoms with Gasteiger partial charge in [-0.1, -0.05) is 60.7 Å². The zero-order valence-corrected chi connectivity index (χ0v) is 13.4. The van der Waals surface area contributed by atoms with Crippen molar-refractivity contribution in [3.8, 4) is 5.75 Å². The van der Waals surface area contributed by atoms with Crippen LogP contribution in [0, 0.1) is 0 Å². The maximum absolute atomic E-state index is 12.1. The summed E-state index contributed by atoms with van der Waals surface area (Å²) in [6, 6.07) is 21.0. The number of ether oxygens (including phenoxy) is 1. The second-order valence-corrected chi connectivity index (χ2v) is 5.62. The first kappa shape index (κ1) is 16.5. The fourth-order valence-electron chi connectivity index (χ4n) is 2.56. The molecule has 2 N–H and O–H groups in total. The van der Waals surface area contributed by atoms with Gasteiger partial charge in [-0.3, -0.25) is 0 Å². The van der Waals surface area contributed by atoms with E-state index in [4.69, 9.17) is 4.74 Å². The summed E-state index contributed by atoms with van der Waals surface area (Å²) in [7, 11) is 0. The first-order valence-corrected chi connectivity index (χ1v) is 7.86. The van der Waals surface area contributed by atoms with Gasteiger partial charge in [0.1, 0.15) is 11.8 Å². The highest BCUT2D eigenvalue weighted by Crippen LogP contribution is 2.20. The Hall–Kier alpha value is -3.34. The second-order valence-electron chi connectivity index (χ2n) is 5.62. The Morgan fingerprint density at radius 1 is 0.920 bits per heavy atom. The Balaban J connectivity index is 1.67. The number of nitrogens with one attached hydrogen (secondary N) is 1. The van der Waals surface area contributed by atoms with Crippen LogP contribution in [0.25, 0.3) is 10.8 Å². The Bertz CT molecular complexity index is 892. The minimum Gasteiger partial charge on any atom is -0.480 e. The van der Waals surface area contributed by atoms with E-state index in [9.17, 15) is 14.7 Å². The highest BCUT2D eigenvalue weighted by Gasteiger charge is 2.21. The van der Waals surface area contributed by atoms with Crippen molar-refractivity contribution in [3.63, 3.8) is 0 Å². The summed E-state index contributed by atoms with van der Waals surface area (Å²) in [6.07, 6.45) is -0.609. The van der Waals surface area contributed by atoms with Crippen LogP contribution in [0.1, 0.15) is 5.56 Å². The highest BCUT2D eigenvalue weighted by atomic mass is 16.6. The molecule has 1 amide bonds. The van der Waals surface area contributed by atoms with E-state index in [0.29, 0.717) is 5.75 Å². The molecule has 1 atom stereocenters. The molecule has 3 aromatic carbocycles. The van der Waals surface area contributed by atoms with Crippen LogP contribution in [0.15, 0.2) is 72.8 Å². The van der Waals surface area contributed by atoms with Gasteiger partial charge in [-0.15, -0.1) is 0 Å². The molecule has 0 aliphatic carbocycles. The standard InChI is InChI=1S/C20H17NO4/c22-19(23)18(12-14-6-2-1-3-7-14)21-20(24)25-17-11-10-15-8-4-5-9-16(15)13-17/h1-11,13,18H,12H2,(H,21,24)(H,22,23). The molecule has 0 heterocycles. The van der Waals surface area contributed by atoms with Crippen LogP contribution in [0.5, 0.6) is 5.75 Å². The zero-order chi connectivity index (χ0) is 17.6. The third-order valence-electron chi connectivity index (χ3n) is 3.80. The molecule has 3 aromatic rings. The quantitative estimate of drug-likeness (QED) is 0.747. The molecule has 126 valence electrons. The predicted molar refractivity (Wildman–Crippen MR) is 94.7 cm³/mol. The van der Waals surface area contributed by atoms with Crippen LogP contribution in [0.4, 0.5) is 4.79 Å². The van der Waals surface area contributed by atoms with Gasteiger partial charge in [-0.2, -0.15) is 0 Å². The number of carboxylic acid groups (broad SMARTS) is 1. The van der Waals surface area contributed by atoms with E-state index in [1.807, 2.05) is 60.7 Å². The summed E-state index contributed by atoms with van der Waals surface area (Å²) >= 11 is 0. The number of aliphatic carboxylic acids is 1. The van der Waals surface area contributed by atoms with Crippen LogP contribution in [0.2, 0.25) is 0 Å². The lowest BCUT2D eigenvalue weighted by atomic mass is 10.1. The van der Waals surface area contributed by atoms with Gasteiger partial charge < -0.3 is 15.2 Å². The second kappa shape index (κ2) is 7.49. The van der Waals surface area contributed by atoms with Crippen molar-refractivity contribution >= 4 is 22.8 Å². The highest BCUT2D eigenvalue weighted by molar-refractivity contribution is 5.85. The molecule has 3 rings (SSSR count). The lowest BCUT2D eigenvalue weighted by Gasteiger charge is -2.14. The summed E-state index contributed by atoms with van der Waals surface area (Å²) in [5, 5.41) is 13.7. The van der Waals surface area contributed by atoms with E-state index in [0.717, 1.165) is 16.3 Å². The molecule has 0 aliphatic rings. The van der Waals surface area contributed by atoms with Crippen molar-refractivity contribution in [2.75, 3.05) is 0 Å². The molecular formula is C20H17NO4. The van der Waals surface area contributed by atoms with E-state index in [-0.39, 0.29) is 6.42 Å². The smallest absolute Gasteiger partial charge is 0.413 e. The van der Waals surface area contributed by atoms with Gasteiger partial charge in [0.05, 0.1) is 0 Å². The number of rotatable bonds is 5. The summed E-state index contributed by atoms with van der Waals surface area (Å²) in [5.74, 6) is -0.751. The SMILES string of the molecule is O=C(NC(Cc1ccccc1)C(=O)O)Oc1ccc2ccccc2c1. The van der Waals surface area contributed by atoms with Gasteiger partial charge in [-0.05, 0) is 28.5 Å². The van der Waals surface area contributed by atoms with Gasteiger partial charge >= 0.3 is 12.1 Å². The Kier molecular flexibility index (Phi) is 4.95. The van der Waals surface area contributed by atoms with Gasteiger partial charge in [0.15, 0.2) is 0 Å². The number of carbonyl (C=O) groups excluding carboxylic acids is 1. The number of carbonyl (C=O) groups is 2. The molecule has 0 aliphatic heterocycles. The van der Waals surface area contributed by atoms with Crippen molar-refractivity contribution in [2.24, 2.45) is 0 Å². The molecule has 5 nitrogen and oxygen atoms in total. The maximum Gasteiger partial charge on any atom is 0.413 e. The van der Waals surface area contributed by atoms with Gasteiger partial charge in [-0.25, -0.2) is 9.59 Å². The summed E-state index contributed by atoms with van der Waals surface area (Å²) in [6.45, 7) is 0. The number of hydrogen-bond acceptors (Lipinski definition) is 3. The number of benzene rings is 3. The number of hydrogen-bond donors (Lipinski definition) is 2. The lowest BCUT2D eigenvalue weighted by molar-refractivity contribution is -0.139. The van der Waals surface area contributed by atoms with Crippen LogP contribution in [0.3, 0.4) is 0 Å². The maximum atomic E-state index is 12.1. The van der Waals surface area contributed by atoms with Crippen LogP contribution in [-0.4, -0.2) is 23.2 Å². The molecule has 1 unspecified atom stereocenters. The van der Waals surface area contributed by atoms with Crippen LogP contribution < -0.4 is 10.1 Å². The van der Waals surface area contributed by atoms with E-state index >= 15 is 0 Å². The average Bonchev–Trinajstić information content (AvgIpc) is 2.62. The Labute approximate surface area is 144 Å². The predicted octanol–water partition coefficient (Wildman–Crippen LogP) is 3.62. The third-order valence-corrected chi connectivity index (χ3v) is 3.80. The largest absolute Gasteiger partial charge is 0.480 e. The number of carboxylic acids is 1. The molecule has 0 saturated carbocycles. The molecule has 0 spiro atoms. The van der Waals surface area contributed by atoms with Gasteiger partial charge in [0.25, 0.3) is 0 Å². The minimum absolute atomic E-state index is 0.184. The fourth-order valence-corrected chi connectivity index (χ4v) is 2.56. The molecule has 25 heavy (non-hydrogen) atoms. The van der Waals surface area contributed by atoms with Crippen LogP contribution in [-0.2, 0) is 11.2 Å². The lowest BCUT2D eigenvalue weighted by Crippen LogP contribution is -2.43. The van der Waals surface area contributed by atoms with Crippen molar-refractivity contribution in [1.29, 1.82) is 0 Å². The molecule has 0 aromatic heterocycles. The zero-order valence-electron chi connectivity index (χ0n) is 13.4. The summed E-state index contributed by atoms with van der Waals surface area (Å²) < 4.78 is 5.23. The minimum atomic E-state index is -1.11. The normalized spacial score (nSPS) is 11.7. The third kappa shape index (κ3) is 4.35. The van der Waals surface area contributed by atoms with Gasteiger partial charge in [0, 0.05) is 6.42 Å². The van der Waals surface area contributed by atoms with E-state index in [1.165, 1.54) is 0 Å². The van der Waals surface area contributed by atoms with E-state index < -0.39 is 18.1 Å². The topological polar surface area (TPSA) is 75.6 Å². The van der Waals surface area contributed by atoms with Crippen molar-refractivity contribution in [1.82, 2.24) is 5.32 Å². The average molecular weight is 335 g/mol. The van der Waals surface area contributed by atoms with E-state index in [2.05, 4.69) is 5.32 Å². The molecule has 0 saturated heterocycles. The van der Waals surface area contributed by atoms with Crippen molar-refractivity contribution in [2.45, 2.75) is 12.5 Å². The molecule has 5 heteroatoms. The fraction of sp³-hybridized carbons (Fsp3) is 0.100. The number of fused-ring (bicyclic) bond motifs is 1. The molecule has 0 fully saturated rings. The molecule has 0 bridgehead atoms. The monoisotopic (exact) mass is 335 g/mol.